The molecule has 27 heavy (non-hydrogen) atoms. The van der Waals surface area contributed by atoms with E-state index < -0.39 is 0 Å². The summed E-state index contributed by atoms with van der Waals surface area (Å²) in [5, 5.41) is 6.06. The van der Waals surface area contributed by atoms with Crippen LogP contribution < -0.4 is 15.4 Å². The summed E-state index contributed by atoms with van der Waals surface area (Å²) >= 11 is 0. The Bertz CT molecular complexity index is 1030. The molecule has 0 saturated carbocycles. The zero-order valence-corrected chi connectivity index (χ0v) is 15.6. The highest BCUT2D eigenvalue weighted by molar-refractivity contribution is 5.97. The number of anilines is 1. The van der Waals surface area contributed by atoms with E-state index >= 15 is 0 Å². The number of aromatic nitrogens is 2. The van der Waals surface area contributed by atoms with Crippen LogP contribution in [0.2, 0.25) is 0 Å². The number of allylic oxidation sites excluding steroid dienone is 1. The SMILES string of the molecule is CCOc1ccc([C@@H]2C(C(=O)NC)=C(C)Nc3nc4ccccc4n32)cc1. The maximum absolute atomic E-state index is 12.7. The van der Waals surface area contributed by atoms with E-state index in [1.165, 1.54) is 0 Å². The molecule has 1 amide bonds. The van der Waals surface area contributed by atoms with E-state index in [2.05, 4.69) is 15.2 Å². The highest BCUT2D eigenvalue weighted by atomic mass is 16.5. The molecule has 0 fully saturated rings. The van der Waals surface area contributed by atoms with Crippen molar-refractivity contribution in [1.29, 1.82) is 0 Å². The summed E-state index contributed by atoms with van der Waals surface area (Å²) < 4.78 is 7.65. The van der Waals surface area contributed by atoms with Crippen LogP contribution in [-0.4, -0.2) is 29.1 Å². The Morgan fingerprint density at radius 2 is 1.96 bits per heavy atom. The molecule has 1 aliphatic rings. The fourth-order valence-corrected chi connectivity index (χ4v) is 3.62. The maximum Gasteiger partial charge on any atom is 0.251 e. The Morgan fingerprint density at radius 1 is 1.22 bits per heavy atom. The molecule has 2 heterocycles. The third kappa shape index (κ3) is 2.83. The molecule has 1 aromatic heterocycles. The van der Waals surface area contributed by atoms with E-state index in [4.69, 9.17) is 9.72 Å². The molecule has 0 saturated heterocycles. The van der Waals surface area contributed by atoms with Crippen LogP contribution in [0, 0.1) is 0 Å². The van der Waals surface area contributed by atoms with Crippen LogP contribution in [-0.2, 0) is 4.79 Å². The Labute approximate surface area is 157 Å². The molecule has 0 spiro atoms. The quantitative estimate of drug-likeness (QED) is 0.746. The van der Waals surface area contributed by atoms with Crippen molar-refractivity contribution in [2.24, 2.45) is 0 Å². The molecule has 2 aromatic carbocycles. The van der Waals surface area contributed by atoms with Crippen molar-refractivity contribution >= 4 is 22.9 Å². The Morgan fingerprint density at radius 3 is 2.67 bits per heavy atom. The largest absolute Gasteiger partial charge is 0.494 e. The number of hydrogen-bond donors (Lipinski definition) is 2. The second-order valence-corrected chi connectivity index (χ2v) is 6.44. The Balaban J connectivity index is 1.93. The van der Waals surface area contributed by atoms with E-state index in [1.807, 2.05) is 62.4 Å². The average Bonchev–Trinajstić information content (AvgIpc) is 3.05. The topological polar surface area (TPSA) is 68.2 Å². The first-order valence-electron chi connectivity index (χ1n) is 9.03. The zero-order valence-electron chi connectivity index (χ0n) is 15.6. The van der Waals surface area contributed by atoms with Gasteiger partial charge in [-0.2, -0.15) is 0 Å². The summed E-state index contributed by atoms with van der Waals surface area (Å²) in [7, 11) is 1.65. The number of rotatable bonds is 4. The van der Waals surface area contributed by atoms with Crippen molar-refractivity contribution in [3.8, 4) is 5.75 Å². The minimum absolute atomic E-state index is 0.109. The minimum atomic E-state index is -0.274. The lowest BCUT2D eigenvalue weighted by atomic mass is 9.94. The van der Waals surface area contributed by atoms with Crippen LogP contribution in [0.3, 0.4) is 0 Å². The van der Waals surface area contributed by atoms with Gasteiger partial charge in [0.05, 0.1) is 29.3 Å². The minimum Gasteiger partial charge on any atom is -0.494 e. The van der Waals surface area contributed by atoms with Crippen LogP contribution in [0.25, 0.3) is 11.0 Å². The third-order valence-electron chi connectivity index (χ3n) is 4.81. The van der Waals surface area contributed by atoms with Gasteiger partial charge in [0.1, 0.15) is 5.75 Å². The number of likely N-dealkylation sites (N-methyl/N-ethyl adjacent to an activating group) is 1. The number of imidazole rings is 1. The van der Waals surface area contributed by atoms with Crippen molar-refractivity contribution in [3.05, 3.63) is 65.4 Å². The molecule has 0 radical (unpaired) electrons. The first-order chi connectivity index (χ1) is 13.1. The Kier molecular flexibility index (Phi) is 4.32. The van der Waals surface area contributed by atoms with Crippen molar-refractivity contribution in [1.82, 2.24) is 14.9 Å². The highest BCUT2D eigenvalue weighted by Crippen LogP contribution is 2.39. The summed E-state index contributed by atoms with van der Waals surface area (Å²) in [4.78, 5) is 17.4. The second-order valence-electron chi connectivity index (χ2n) is 6.44. The number of nitrogens with zero attached hydrogens (tertiary/aromatic N) is 2. The van der Waals surface area contributed by atoms with Crippen LogP contribution >= 0.6 is 0 Å². The van der Waals surface area contributed by atoms with Crippen molar-refractivity contribution in [2.75, 3.05) is 19.0 Å². The van der Waals surface area contributed by atoms with E-state index in [9.17, 15) is 4.79 Å². The van der Waals surface area contributed by atoms with Crippen LogP contribution in [0.4, 0.5) is 5.95 Å². The summed E-state index contributed by atoms with van der Waals surface area (Å²) in [5.41, 5.74) is 4.35. The van der Waals surface area contributed by atoms with Crippen molar-refractivity contribution in [3.63, 3.8) is 0 Å². The van der Waals surface area contributed by atoms with Gasteiger partial charge in [-0.25, -0.2) is 4.98 Å². The standard InChI is InChI=1S/C21H22N4O2/c1-4-27-15-11-9-14(10-12-15)19-18(20(26)22-3)13(2)23-21-24-16-7-5-6-8-17(16)25(19)21/h5-12,19H,4H2,1-3H3,(H,22,26)(H,23,24)/t19-/m1/s1. The highest BCUT2D eigenvalue weighted by Gasteiger charge is 2.33. The van der Waals surface area contributed by atoms with Gasteiger partial charge in [0.15, 0.2) is 0 Å². The number of carbonyl (C=O) groups excluding carboxylic acids is 1. The smallest absolute Gasteiger partial charge is 0.251 e. The first kappa shape index (κ1) is 17.1. The van der Waals surface area contributed by atoms with Gasteiger partial charge in [0.2, 0.25) is 5.95 Å². The zero-order chi connectivity index (χ0) is 19.0. The molecule has 0 bridgehead atoms. The van der Waals surface area contributed by atoms with Gasteiger partial charge in [0.25, 0.3) is 5.91 Å². The van der Waals surface area contributed by atoms with Gasteiger partial charge in [-0.1, -0.05) is 24.3 Å². The molecule has 2 N–H and O–H groups in total. The molecule has 138 valence electrons. The number of nitrogens with one attached hydrogen (secondary N) is 2. The lowest BCUT2D eigenvalue weighted by molar-refractivity contribution is -0.117. The molecule has 3 aromatic rings. The molecule has 1 aliphatic heterocycles. The number of amides is 1. The fraction of sp³-hybridized carbons (Fsp3) is 0.238. The van der Waals surface area contributed by atoms with Gasteiger partial charge in [0, 0.05) is 12.7 Å². The number of fused-ring (bicyclic) bond motifs is 3. The number of carbonyl (C=O) groups is 1. The predicted molar refractivity (Wildman–Crippen MR) is 106 cm³/mol. The number of para-hydroxylation sites is 2. The molecule has 1 atom stereocenters. The summed E-state index contributed by atoms with van der Waals surface area (Å²) in [6, 6.07) is 15.6. The molecule has 0 aliphatic carbocycles. The van der Waals surface area contributed by atoms with Crippen molar-refractivity contribution < 1.29 is 9.53 Å². The lowest BCUT2D eigenvalue weighted by Gasteiger charge is -2.30. The predicted octanol–water partition coefficient (Wildman–Crippen LogP) is 3.47. The van der Waals surface area contributed by atoms with Crippen LogP contribution in [0.1, 0.15) is 25.5 Å². The maximum atomic E-state index is 12.7. The van der Waals surface area contributed by atoms with Gasteiger partial charge < -0.3 is 15.4 Å². The third-order valence-corrected chi connectivity index (χ3v) is 4.81. The van der Waals surface area contributed by atoms with E-state index in [1.54, 1.807) is 7.05 Å². The normalized spacial score (nSPS) is 16.0. The van der Waals surface area contributed by atoms with Gasteiger partial charge >= 0.3 is 0 Å². The van der Waals surface area contributed by atoms with Crippen LogP contribution in [0.5, 0.6) is 5.75 Å². The molecule has 4 rings (SSSR count). The monoisotopic (exact) mass is 362 g/mol. The van der Waals surface area contributed by atoms with E-state index in [0.717, 1.165) is 34.0 Å². The van der Waals surface area contributed by atoms with Gasteiger partial charge in [-0.15, -0.1) is 0 Å². The summed E-state index contributed by atoms with van der Waals surface area (Å²) in [5.74, 6) is 1.44. The average molecular weight is 362 g/mol. The summed E-state index contributed by atoms with van der Waals surface area (Å²) in [6.07, 6.45) is 0. The number of benzene rings is 2. The van der Waals surface area contributed by atoms with Crippen molar-refractivity contribution in [2.45, 2.75) is 19.9 Å². The Hall–Kier alpha value is -3.28. The number of hydrogen-bond acceptors (Lipinski definition) is 4. The molecule has 6 heteroatoms. The van der Waals surface area contributed by atoms with Crippen LogP contribution in [0.15, 0.2) is 59.8 Å². The molecular formula is C21H22N4O2. The first-order valence-corrected chi connectivity index (χ1v) is 9.03. The molecule has 0 unspecified atom stereocenters. The molecular weight excluding hydrogens is 340 g/mol. The van der Waals surface area contributed by atoms with E-state index in [-0.39, 0.29) is 11.9 Å². The van der Waals surface area contributed by atoms with Gasteiger partial charge in [-0.3, -0.25) is 9.36 Å². The second kappa shape index (κ2) is 6.79. The lowest BCUT2D eigenvalue weighted by Crippen LogP contribution is -2.33. The van der Waals surface area contributed by atoms with Gasteiger partial charge in [-0.05, 0) is 43.7 Å². The fourth-order valence-electron chi connectivity index (χ4n) is 3.62. The molecule has 6 nitrogen and oxygen atoms in total. The summed E-state index contributed by atoms with van der Waals surface area (Å²) in [6.45, 7) is 4.49. The van der Waals surface area contributed by atoms with E-state index in [0.29, 0.717) is 12.2 Å². The number of ether oxygens (including phenoxy) is 1.